The Morgan fingerprint density at radius 3 is 2.68 bits per heavy atom. The van der Waals surface area contributed by atoms with E-state index in [1.165, 1.54) is 4.90 Å². The van der Waals surface area contributed by atoms with Gasteiger partial charge in [-0.15, -0.1) is 0 Å². The summed E-state index contributed by atoms with van der Waals surface area (Å²) in [6.45, 7) is 5.21. The first kappa shape index (κ1) is 20.3. The summed E-state index contributed by atoms with van der Waals surface area (Å²) in [5.41, 5.74) is 0.691. The van der Waals surface area contributed by atoms with E-state index in [2.05, 4.69) is 5.32 Å². The number of nitrogens with two attached hydrogens (primary N) is 1. The molecule has 1 saturated heterocycles. The number of anilines is 1. The molecule has 0 unspecified atom stereocenters. The minimum absolute atomic E-state index is 0.115. The molecule has 0 bridgehead atoms. The molecular weight excluding hydrogens is 358 g/mol. The number of carboxylic acids is 1. The fourth-order valence-corrected chi connectivity index (χ4v) is 3.58. The molecule has 1 aliphatic heterocycles. The number of carboxylic acid groups (broad SMARTS) is 1. The smallest absolute Gasteiger partial charge is 0.230 e. The van der Waals surface area contributed by atoms with Crippen LogP contribution in [0.4, 0.5) is 5.69 Å². The van der Waals surface area contributed by atoms with E-state index in [0.717, 1.165) is 50.0 Å². The van der Waals surface area contributed by atoms with Gasteiger partial charge in [0.15, 0.2) is 0 Å². The van der Waals surface area contributed by atoms with Gasteiger partial charge in [-0.25, -0.2) is 0 Å². The van der Waals surface area contributed by atoms with Crippen LogP contribution in [0.15, 0.2) is 42.5 Å². The fraction of sp³-hybridized carbons (Fsp3) is 0.429. The molecular formula is C21H28N3O4+. The third-order valence-corrected chi connectivity index (χ3v) is 5.16. The summed E-state index contributed by atoms with van der Waals surface area (Å²) in [4.78, 5) is 25.3. The van der Waals surface area contributed by atoms with E-state index in [1.54, 1.807) is 5.32 Å². The van der Waals surface area contributed by atoms with E-state index in [4.69, 9.17) is 4.74 Å². The number of quaternary nitrogens is 2. The number of carbonyl (C=O) groups is 2. The molecule has 150 valence electrons. The van der Waals surface area contributed by atoms with Crippen molar-refractivity contribution >= 4 is 28.3 Å². The van der Waals surface area contributed by atoms with Crippen molar-refractivity contribution < 1.29 is 29.6 Å². The number of morpholine rings is 1. The lowest BCUT2D eigenvalue weighted by molar-refractivity contribution is -0.909. The first-order valence-electron chi connectivity index (χ1n) is 9.86. The zero-order chi connectivity index (χ0) is 19.8. The molecule has 0 radical (unpaired) electrons. The van der Waals surface area contributed by atoms with Crippen molar-refractivity contribution in [2.45, 2.75) is 18.9 Å². The van der Waals surface area contributed by atoms with Crippen molar-refractivity contribution in [2.75, 3.05) is 44.7 Å². The lowest BCUT2D eigenvalue weighted by Gasteiger charge is -2.23. The second-order valence-electron chi connectivity index (χ2n) is 7.19. The maximum atomic E-state index is 12.4. The largest absolute Gasteiger partial charge is 0.544 e. The number of hydrogen-bond acceptors (Lipinski definition) is 4. The van der Waals surface area contributed by atoms with Crippen LogP contribution in [0.5, 0.6) is 0 Å². The van der Waals surface area contributed by atoms with E-state index < -0.39 is 12.0 Å². The summed E-state index contributed by atoms with van der Waals surface area (Å²) in [5, 5.41) is 18.0. The Labute approximate surface area is 164 Å². The molecule has 28 heavy (non-hydrogen) atoms. The molecule has 1 amide bonds. The molecule has 3 rings (SSSR count). The minimum atomic E-state index is -1.20. The van der Waals surface area contributed by atoms with Gasteiger partial charge in [-0.3, -0.25) is 4.79 Å². The summed E-state index contributed by atoms with van der Waals surface area (Å²) < 4.78 is 5.34. The van der Waals surface area contributed by atoms with Crippen LogP contribution in [0.2, 0.25) is 0 Å². The van der Waals surface area contributed by atoms with Gasteiger partial charge in [0.25, 0.3) is 0 Å². The second kappa shape index (κ2) is 10.2. The van der Waals surface area contributed by atoms with Crippen LogP contribution < -0.4 is 20.6 Å². The van der Waals surface area contributed by atoms with Gasteiger partial charge in [0, 0.05) is 17.5 Å². The second-order valence-corrected chi connectivity index (χ2v) is 7.19. The standard InChI is InChI=1S/C21H27N3O4/c25-20(23-18-8-3-6-16-5-1-2-7-17(16)18)15-19(21(26)27)22-9-4-10-24-11-13-28-14-12-24/h1-3,5-8,19,22H,4,9-15H2,(H,23,25)(H,26,27)/p+1/t19-/m0/s1. The summed E-state index contributed by atoms with van der Waals surface area (Å²) in [6, 6.07) is 12.5. The average Bonchev–Trinajstić information content (AvgIpc) is 2.71. The van der Waals surface area contributed by atoms with Crippen LogP contribution >= 0.6 is 0 Å². The lowest BCUT2D eigenvalue weighted by atomic mass is 10.1. The third kappa shape index (κ3) is 5.76. The van der Waals surface area contributed by atoms with Crippen LogP contribution in [-0.4, -0.2) is 57.3 Å². The van der Waals surface area contributed by atoms with Crippen molar-refractivity contribution in [3.05, 3.63) is 42.5 Å². The number of hydrogen-bond donors (Lipinski definition) is 3. The van der Waals surface area contributed by atoms with Crippen molar-refractivity contribution in [1.82, 2.24) is 0 Å². The zero-order valence-corrected chi connectivity index (χ0v) is 16.0. The Balaban J connectivity index is 1.49. The van der Waals surface area contributed by atoms with E-state index in [-0.39, 0.29) is 12.3 Å². The summed E-state index contributed by atoms with van der Waals surface area (Å²) >= 11 is 0. The van der Waals surface area contributed by atoms with Gasteiger partial charge in [0.2, 0.25) is 5.91 Å². The van der Waals surface area contributed by atoms with Gasteiger partial charge in [0.1, 0.15) is 19.1 Å². The highest BCUT2D eigenvalue weighted by molar-refractivity contribution is 6.02. The van der Waals surface area contributed by atoms with E-state index in [9.17, 15) is 14.7 Å². The molecule has 0 aliphatic carbocycles. The molecule has 1 aliphatic rings. The van der Waals surface area contributed by atoms with E-state index >= 15 is 0 Å². The fourth-order valence-electron chi connectivity index (χ4n) is 3.58. The predicted molar refractivity (Wildman–Crippen MR) is 104 cm³/mol. The van der Waals surface area contributed by atoms with Crippen LogP contribution in [0.3, 0.4) is 0 Å². The lowest BCUT2D eigenvalue weighted by Crippen LogP contribution is -3.14. The number of benzene rings is 2. The third-order valence-electron chi connectivity index (χ3n) is 5.16. The number of carbonyl (C=O) groups excluding carboxylic acids is 2. The van der Waals surface area contributed by atoms with Crippen molar-refractivity contribution in [3.63, 3.8) is 0 Å². The molecule has 4 N–H and O–H groups in total. The molecule has 2 aromatic carbocycles. The van der Waals surface area contributed by atoms with Crippen LogP contribution in [0.25, 0.3) is 10.8 Å². The highest BCUT2D eigenvalue weighted by atomic mass is 16.5. The molecule has 1 heterocycles. The van der Waals surface area contributed by atoms with Crippen LogP contribution in [0.1, 0.15) is 12.8 Å². The molecule has 0 spiro atoms. The number of ether oxygens (including phenoxy) is 1. The van der Waals surface area contributed by atoms with Gasteiger partial charge in [-0.05, 0) is 11.5 Å². The molecule has 1 fully saturated rings. The van der Waals surface area contributed by atoms with Crippen molar-refractivity contribution in [1.29, 1.82) is 0 Å². The normalized spacial score (nSPS) is 16.0. The van der Waals surface area contributed by atoms with Gasteiger partial charge >= 0.3 is 0 Å². The highest BCUT2D eigenvalue weighted by Crippen LogP contribution is 2.22. The van der Waals surface area contributed by atoms with E-state index in [1.807, 2.05) is 42.5 Å². The Kier molecular flexibility index (Phi) is 7.36. The number of aliphatic carboxylic acids is 1. The highest BCUT2D eigenvalue weighted by Gasteiger charge is 2.19. The number of amides is 1. The quantitative estimate of drug-likeness (QED) is 0.441. The molecule has 1 atom stereocenters. The zero-order valence-electron chi connectivity index (χ0n) is 16.0. The van der Waals surface area contributed by atoms with Gasteiger partial charge < -0.3 is 30.2 Å². The van der Waals surface area contributed by atoms with Crippen LogP contribution in [-0.2, 0) is 14.3 Å². The molecule has 0 aromatic heterocycles. The Hall–Kier alpha value is -2.48. The predicted octanol–water partition coefficient (Wildman–Crippen LogP) is -1.84. The first-order valence-corrected chi connectivity index (χ1v) is 9.86. The Morgan fingerprint density at radius 1 is 1.14 bits per heavy atom. The molecule has 7 nitrogen and oxygen atoms in total. The number of nitrogens with one attached hydrogen (secondary N) is 2. The summed E-state index contributed by atoms with van der Waals surface area (Å²) in [7, 11) is 0. The minimum Gasteiger partial charge on any atom is -0.544 e. The Morgan fingerprint density at radius 2 is 1.89 bits per heavy atom. The van der Waals surface area contributed by atoms with Crippen molar-refractivity contribution in [3.8, 4) is 0 Å². The van der Waals surface area contributed by atoms with Gasteiger partial charge in [-0.2, -0.15) is 0 Å². The van der Waals surface area contributed by atoms with Gasteiger partial charge in [-0.1, -0.05) is 36.4 Å². The summed E-state index contributed by atoms with van der Waals surface area (Å²) in [5.74, 6) is -1.52. The Bertz CT molecular complexity index is 800. The van der Waals surface area contributed by atoms with Gasteiger partial charge in [0.05, 0.1) is 38.7 Å². The summed E-state index contributed by atoms with van der Waals surface area (Å²) in [6.07, 6.45) is 0.778. The molecule has 0 saturated carbocycles. The number of rotatable bonds is 9. The topological polar surface area (TPSA) is 99.5 Å². The monoisotopic (exact) mass is 386 g/mol. The van der Waals surface area contributed by atoms with Crippen LogP contribution in [0, 0.1) is 0 Å². The molecule has 7 heteroatoms. The van der Waals surface area contributed by atoms with Crippen molar-refractivity contribution in [2.24, 2.45) is 0 Å². The van der Waals surface area contributed by atoms with E-state index in [0.29, 0.717) is 12.2 Å². The maximum absolute atomic E-state index is 12.4. The molecule has 2 aromatic rings. The SMILES string of the molecule is O=C(C[C@H]([NH2+]CCC[NH+]1CCOCC1)C(=O)[O-])Nc1cccc2ccccc12. The average molecular weight is 386 g/mol. The number of fused-ring (bicyclic) bond motifs is 1. The first-order chi connectivity index (χ1) is 13.6. The maximum Gasteiger partial charge on any atom is 0.230 e.